The first-order chi connectivity index (χ1) is 7.15. The molecule has 0 radical (unpaired) electrons. The lowest BCUT2D eigenvalue weighted by Gasteiger charge is -2.24. The van der Waals surface area contributed by atoms with E-state index in [1.807, 2.05) is 0 Å². The molecule has 0 aromatic heterocycles. The number of rotatable bonds is 3. The molecule has 0 saturated carbocycles. The summed E-state index contributed by atoms with van der Waals surface area (Å²) in [6.45, 7) is 0.899. The molecular weight excluding hydrogens is 196 g/mol. The fraction of sp³-hybridized carbons (Fsp3) is 0.800. The standard InChI is InChI=1S/C10H18N2O3/c1-12(7-9(13)15-2)8-5-3-4-6-11-10(8)14/h8H,3-7H2,1-2H3,(H,11,14). The number of nitrogens with zero attached hydrogens (tertiary/aromatic N) is 1. The van der Waals surface area contributed by atoms with Crippen molar-refractivity contribution in [3.63, 3.8) is 0 Å². The van der Waals surface area contributed by atoms with Crippen LogP contribution in [0, 0.1) is 0 Å². The largest absolute Gasteiger partial charge is 0.468 e. The SMILES string of the molecule is COC(=O)CN(C)C1CCCCNC1=O. The molecule has 5 heteroatoms. The third-order valence-electron chi connectivity index (χ3n) is 2.64. The number of nitrogens with one attached hydrogen (secondary N) is 1. The second kappa shape index (κ2) is 5.70. The summed E-state index contributed by atoms with van der Waals surface area (Å²) in [5.41, 5.74) is 0. The molecule has 1 unspecified atom stereocenters. The number of hydrogen-bond acceptors (Lipinski definition) is 4. The molecule has 1 N–H and O–H groups in total. The van der Waals surface area contributed by atoms with Crippen molar-refractivity contribution < 1.29 is 14.3 Å². The van der Waals surface area contributed by atoms with E-state index in [1.165, 1.54) is 7.11 Å². The monoisotopic (exact) mass is 214 g/mol. The Morgan fingerprint density at radius 2 is 2.33 bits per heavy atom. The van der Waals surface area contributed by atoms with E-state index in [2.05, 4.69) is 10.1 Å². The Bertz CT molecular complexity index is 243. The van der Waals surface area contributed by atoms with Crippen molar-refractivity contribution in [2.45, 2.75) is 25.3 Å². The highest BCUT2D eigenvalue weighted by atomic mass is 16.5. The highest BCUT2D eigenvalue weighted by Gasteiger charge is 2.25. The summed E-state index contributed by atoms with van der Waals surface area (Å²) in [4.78, 5) is 24.4. The van der Waals surface area contributed by atoms with Crippen molar-refractivity contribution in [3.8, 4) is 0 Å². The summed E-state index contributed by atoms with van der Waals surface area (Å²) in [6.07, 6.45) is 2.82. The van der Waals surface area contributed by atoms with Crippen molar-refractivity contribution in [1.29, 1.82) is 0 Å². The molecule has 0 spiro atoms. The molecule has 1 amide bonds. The van der Waals surface area contributed by atoms with Crippen LogP contribution in [0.5, 0.6) is 0 Å². The van der Waals surface area contributed by atoms with E-state index in [1.54, 1.807) is 11.9 Å². The molecular formula is C10H18N2O3. The molecule has 0 aliphatic carbocycles. The fourth-order valence-electron chi connectivity index (χ4n) is 1.72. The van der Waals surface area contributed by atoms with Crippen molar-refractivity contribution >= 4 is 11.9 Å². The van der Waals surface area contributed by atoms with Gasteiger partial charge in [-0.05, 0) is 26.3 Å². The quantitative estimate of drug-likeness (QED) is 0.659. The maximum Gasteiger partial charge on any atom is 0.319 e. The van der Waals surface area contributed by atoms with Gasteiger partial charge in [-0.3, -0.25) is 14.5 Å². The van der Waals surface area contributed by atoms with Gasteiger partial charge in [0.1, 0.15) is 0 Å². The van der Waals surface area contributed by atoms with Crippen LogP contribution in [0.1, 0.15) is 19.3 Å². The molecule has 0 aromatic carbocycles. The van der Waals surface area contributed by atoms with Crippen LogP contribution in [0.3, 0.4) is 0 Å². The minimum absolute atomic E-state index is 0.0129. The second-order valence-corrected chi connectivity index (χ2v) is 3.79. The van der Waals surface area contributed by atoms with Gasteiger partial charge in [0.25, 0.3) is 0 Å². The van der Waals surface area contributed by atoms with Gasteiger partial charge in [0.15, 0.2) is 0 Å². The van der Waals surface area contributed by atoms with Gasteiger partial charge in [-0.15, -0.1) is 0 Å². The lowest BCUT2D eigenvalue weighted by atomic mass is 10.1. The molecule has 1 rings (SSSR count). The number of carbonyl (C=O) groups excluding carboxylic acids is 2. The molecule has 86 valence electrons. The Morgan fingerprint density at radius 3 is 3.00 bits per heavy atom. The van der Waals surface area contributed by atoms with Crippen molar-refractivity contribution in [2.24, 2.45) is 0 Å². The minimum Gasteiger partial charge on any atom is -0.468 e. The van der Waals surface area contributed by atoms with Crippen LogP contribution in [0.15, 0.2) is 0 Å². The van der Waals surface area contributed by atoms with Gasteiger partial charge in [0, 0.05) is 6.54 Å². The Morgan fingerprint density at radius 1 is 1.60 bits per heavy atom. The highest BCUT2D eigenvalue weighted by molar-refractivity contribution is 5.82. The van der Waals surface area contributed by atoms with Crippen molar-refractivity contribution in [3.05, 3.63) is 0 Å². The van der Waals surface area contributed by atoms with E-state index in [4.69, 9.17) is 0 Å². The number of ether oxygens (including phenoxy) is 1. The van der Waals surface area contributed by atoms with E-state index in [0.717, 1.165) is 25.8 Å². The Hall–Kier alpha value is -1.10. The number of likely N-dealkylation sites (N-methyl/N-ethyl adjacent to an activating group) is 1. The third-order valence-corrected chi connectivity index (χ3v) is 2.64. The molecule has 0 aromatic rings. The van der Waals surface area contributed by atoms with E-state index < -0.39 is 0 Å². The predicted octanol–water partition coefficient (Wildman–Crippen LogP) is -0.240. The first-order valence-corrected chi connectivity index (χ1v) is 5.20. The lowest BCUT2D eigenvalue weighted by molar-refractivity contribution is -0.142. The van der Waals surface area contributed by atoms with E-state index in [9.17, 15) is 9.59 Å². The Labute approximate surface area is 89.8 Å². The van der Waals surface area contributed by atoms with Crippen LogP contribution in [-0.4, -0.2) is 50.1 Å². The Balaban J connectivity index is 2.51. The average Bonchev–Trinajstić information content (AvgIpc) is 2.42. The molecule has 1 aliphatic rings. The van der Waals surface area contributed by atoms with Crippen LogP contribution in [0.2, 0.25) is 0 Å². The van der Waals surface area contributed by atoms with Crippen molar-refractivity contribution in [2.75, 3.05) is 27.2 Å². The van der Waals surface area contributed by atoms with Crippen LogP contribution in [0.4, 0.5) is 0 Å². The third kappa shape index (κ3) is 3.51. The maximum absolute atomic E-state index is 11.6. The number of carbonyl (C=O) groups is 2. The van der Waals surface area contributed by atoms with Crippen LogP contribution in [-0.2, 0) is 14.3 Å². The highest BCUT2D eigenvalue weighted by Crippen LogP contribution is 2.10. The zero-order chi connectivity index (χ0) is 11.3. The minimum atomic E-state index is -0.311. The Kier molecular flexibility index (Phi) is 4.55. The maximum atomic E-state index is 11.6. The summed E-state index contributed by atoms with van der Waals surface area (Å²) in [5, 5.41) is 2.83. The average molecular weight is 214 g/mol. The fourth-order valence-corrected chi connectivity index (χ4v) is 1.72. The molecule has 15 heavy (non-hydrogen) atoms. The molecule has 1 aliphatic heterocycles. The summed E-state index contributed by atoms with van der Waals surface area (Å²) >= 11 is 0. The van der Waals surface area contributed by atoms with Crippen LogP contribution >= 0.6 is 0 Å². The number of amides is 1. The second-order valence-electron chi connectivity index (χ2n) is 3.79. The predicted molar refractivity (Wildman–Crippen MR) is 55.3 cm³/mol. The summed E-state index contributed by atoms with van der Waals surface area (Å²) in [5.74, 6) is -0.298. The van der Waals surface area contributed by atoms with Gasteiger partial charge in [-0.25, -0.2) is 0 Å². The van der Waals surface area contributed by atoms with Gasteiger partial charge in [0.2, 0.25) is 5.91 Å². The number of esters is 1. The topological polar surface area (TPSA) is 58.6 Å². The lowest BCUT2D eigenvalue weighted by Crippen LogP contribution is -2.45. The first-order valence-electron chi connectivity index (χ1n) is 5.20. The van der Waals surface area contributed by atoms with Crippen LogP contribution < -0.4 is 5.32 Å². The first kappa shape index (κ1) is 12.0. The summed E-state index contributed by atoms with van der Waals surface area (Å²) in [7, 11) is 3.12. The van der Waals surface area contributed by atoms with Gasteiger partial charge in [-0.2, -0.15) is 0 Å². The molecule has 0 bridgehead atoms. The van der Waals surface area contributed by atoms with Gasteiger partial charge >= 0.3 is 5.97 Å². The van der Waals surface area contributed by atoms with E-state index >= 15 is 0 Å². The summed E-state index contributed by atoms with van der Waals surface area (Å²) in [6, 6.07) is -0.202. The van der Waals surface area contributed by atoms with Gasteiger partial charge in [0.05, 0.1) is 19.7 Å². The van der Waals surface area contributed by atoms with Gasteiger partial charge in [-0.1, -0.05) is 0 Å². The van der Waals surface area contributed by atoms with Crippen LogP contribution in [0.25, 0.3) is 0 Å². The molecule has 1 saturated heterocycles. The molecule has 1 heterocycles. The number of methoxy groups -OCH3 is 1. The smallest absolute Gasteiger partial charge is 0.319 e. The number of hydrogen-bond donors (Lipinski definition) is 1. The zero-order valence-corrected chi connectivity index (χ0v) is 9.28. The normalized spacial score (nSPS) is 22.1. The summed E-state index contributed by atoms with van der Waals surface area (Å²) < 4.78 is 4.57. The van der Waals surface area contributed by atoms with E-state index in [0.29, 0.717) is 0 Å². The van der Waals surface area contributed by atoms with Crippen molar-refractivity contribution in [1.82, 2.24) is 10.2 Å². The van der Waals surface area contributed by atoms with Gasteiger partial charge < -0.3 is 10.1 Å². The molecule has 5 nitrogen and oxygen atoms in total. The zero-order valence-electron chi connectivity index (χ0n) is 9.28. The molecule has 1 atom stereocenters. The molecule has 1 fully saturated rings. The van der Waals surface area contributed by atoms with E-state index in [-0.39, 0.29) is 24.5 Å².